The van der Waals surface area contributed by atoms with Gasteiger partial charge in [0, 0.05) is 0 Å². The van der Waals surface area contributed by atoms with Gasteiger partial charge in [0.15, 0.2) is 0 Å². The first kappa shape index (κ1) is 7.84. The molecule has 0 fully saturated rings. The van der Waals surface area contributed by atoms with E-state index < -0.39 is 0 Å². The van der Waals surface area contributed by atoms with Crippen molar-refractivity contribution >= 4 is 0 Å². The largest absolute Gasteiger partial charge is 0.0856 e. The molecule has 0 aromatic carbocycles. The molecule has 1 rings (SSSR count). The Bertz CT molecular complexity index is 122. The Balaban J connectivity index is 2.38. The van der Waals surface area contributed by atoms with Crippen molar-refractivity contribution in [2.75, 3.05) is 0 Å². The minimum atomic E-state index is 0.712. The summed E-state index contributed by atoms with van der Waals surface area (Å²) in [7, 11) is 0. The van der Waals surface area contributed by atoms with E-state index in [1.54, 1.807) is 5.57 Å². The summed E-state index contributed by atoms with van der Waals surface area (Å²) in [5, 5.41) is 0. The zero-order valence-corrected chi connectivity index (χ0v) is 6.90. The van der Waals surface area contributed by atoms with Crippen molar-refractivity contribution in [2.45, 2.75) is 39.0 Å². The maximum Gasteiger partial charge on any atom is -0.0323 e. The highest BCUT2D eigenvalue weighted by Gasteiger charge is 2.04. The number of hydrogen-bond acceptors (Lipinski definition) is 0. The molecule has 0 saturated heterocycles. The summed E-state index contributed by atoms with van der Waals surface area (Å²) >= 11 is 0. The molecule has 0 aliphatic heterocycles. The van der Waals surface area contributed by atoms with Gasteiger partial charge in [0.05, 0.1) is 0 Å². The first-order valence-corrected chi connectivity index (χ1v) is 4.28. The Kier molecular flexibility index (Phi) is 2.98. The van der Waals surface area contributed by atoms with Gasteiger partial charge in [-0.3, -0.25) is 0 Å². The molecule has 1 unspecified atom stereocenters. The van der Waals surface area contributed by atoms with E-state index in [2.05, 4.69) is 19.9 Å². The summed E-state index contributed by atoms with van der Waals surface area (Å²) in [6.45, 7) is 6.33. The molecule has 0 heterocycles. The van der Waals surface area contributed by atoms with Crippen LogP contribution < -0.4 is 0 Å². The number of allylic oxidation sites excluding steroid dienone is 2. The zero-order chi connectivity index (χ0) is 7.40. The molecule has 57 valence electrons. The Labute approximate surface area is 64.3 Å². The van der Waals surface area contributed by atoms with Crippen LogP contribution in [-0.2, 0) is 0 Å². The zero-order valence-electron chi connectivity index (χ0n) is 6.90. The third-order valence-corrected chi connectivity index (χ3v) is 2.25. The molecule has 1 aliphatic carbocycles. The van der Waals surface area contributed by atoms with Crippen LogP contribution in [0.1, 0.15) is 39.0 Å². The molecule has 0 heteroatoms. The van der Waals surface area contributed by atoms with Gasteiger partial charge in [-0.1, -0.05) is 25.0 Å². The fourth-order valence-electron chi connectivity index (χ4n) is 1.48. The Morgan fingerprint density at radius 3 is 3.10 bits per heavy atom. The third kappa shape index (κ3) is 2.55. The van der Waals surface area contributed by atoms with E-state index in [-0.39, 0.29) is 0 Å². The molecule has 1 aliphatic rings. The van der Waals surface area contributed by atoms with E-state index >= 15 is 0 Å². The fourth-order valence-corrected chi connectivity index (χ4v) is 1.48. The van der Waals surface area contributed by atoms with Gasteiger partial charge in [-0.25, -0.2) is 0 Å². The van der Waals surface area contributed by atoms with Crippen molar-refractivity contribution in [2.24, 2.45) is 5.92 Å². The molecule has 0 aromatic rings. The van der Waals surface area contributed by atoms with E-state index in [1.165, 1.54) is 32.1 Å². The van der Waals surface area contributed by atoms with Gasteiger partial charge in [-0.05, 0) is 38.5 Å². The predicted molar refractivity (Wildman–Crippen MR) is 45.7 cm³/mol. The van der Waals surface area contributed by atoms with Crippen LogP contribution in [0, 0.1) is 12.8 Å². The SMILES string of the molecule is [CH2]C1CC/C=C(/C)CCC1. The second-order valence-corrected chi connectivity index (χ2v) is 3.39. The Hall–Kier alpha value is -0.260. The second kappa shape index (κ2) is 3.80. The van der Waals surface area contributed by atoms with Crippen LogP contribution in [0.3, 0.4) is 0 Å². The van der Waals surface area contributed by atoms with Gasteiger partial charge in [0.2, 0.25) is 0 Å². The fraction of sp³-hybridized carbons (Fsp3) is 0.700. The van der Waals surface area contributed by atoms with Crippen LogP contribution in [0.15, 0.2) is 11.6 Å². The van der Waals surface area contributed by atoms with Crippen LogP contribution in [0.25, 0.3) is 0 Å². The molecule has 10 heavy (non-hydrogen) atoms. The van der Waals surface area contributed by atoms with E-state index in [0.717, 1.165) is 0 Å². The van der Waals surface area contributed by atoms with Gasteiger partial charge < -0.3 is 0 Å². The molecule has 1 radical (unpaired) electrons. The average Bonchev–Trinajstić information content (AvgIpc) is 1.84. The van der Waals surface area contributed by atoms with Crippen molar-refractivity contribution < 1.29 is 0 Å². The Morgan fingerprint density at radius 2 is 2.30 bits per heavy atom. The molecule has 0 nitrogen and oxygen atoms in total. The van der Waals surface area contributed by atoms with Gasteiger partial charge in [-0.15, -0.1) is 0 Å². The standard InChI is InChI=1S/C10H17/c1-9-5-3-7-10(2)8-4-6-9/h7,9H,1,3-6,8H2,2H3/b10-7-. The van der Waals surface area contributed by atoms with Crippen LogP contribution >= 0.6 is 0 Å². The maximum absolute atomic E-state index is 4.09. The van der Waals surface area contributed by atoms with Crippen molar-refractivity contribution in [3.8, 4) is 0 Å². The number of hydrogen-bond donors (Lipinski definition) is 0. The highest BCUT2D eigenvalue weighted by Crippen LogP contribution is 2.20. The monoisotopic (exact) mass is 137 g/mol. The van der Waals surface area contributed by atoms with E-state index in [9.17, 15) is 0 Å². The molecule has 0 amide bonds. The lowest BCUT2D eigenvalue weighted by Crippen LogP contribution is -1.97. The molecular formula is C10H17. The van der Waals surface area contributed by atoms with Crippen LogP contribution in [-0.4, -0.2) is 0 Å². The van der Waals surface area contributed by atoms with Gasteiger partial charge >= 0.3 is 0 Å². The lowest BCUT2D eigenvalue weighted by atomic mass is 9.93. The lowest BCUT2D eigenvalue weighted by Gasteiger charge is -2.13. The smallest absolute Gasteiger partial charge is 0.0323 e. The van der Waals surface area contributed by atoms with Crippen molar-refractivity contribution in [1.29, 1.82) is 0 Å². The summed E-state index contributed by atoms with van der Waals surface area (Å²) < 4.78 is 0. The first-order valence-electron chi connectivity index (χ1n) is 4.28. The molecule has 0 aromatic heterocycles. The average molecular weight is 137 g/mol. The van der Waals surface area contributed by atoms with E-state index in [4.69, 9.17) is 0 Å². The van der Waals surface area contributed by atoms with Crippen LogP contribution in [0.5, 0.6) is 0 Å². The molecule has 0 N–H and O–H groups in total. The van der Waals surface area contributed by atoms with Crippen LogP contribution in [0.4, 0.5) is 0 Å². The topological polar surface area (TPSA) is 0 Å². The minimum Gasteiger partial charge on any atom is -0.0856 e. The summed E-state index contributed by atoms with van der Waals surface area (Å²) in [6.07, 6.45) is 8.88. The molecular weight excluding hydrogens is 120 g/mol. The molecule has 0 bridgehead atoms. The predicted octanol–water partition coefficient (Wildman–Crippen LogP) is 3.35. The summed E-state index contributed by atoms with van der Waals surface area (Å²) in [5.74, 6) is 0.712. The summed E-state index contributed by atoms with van der Waals surface area (Å²) in [5.41, 5.74) is 1.58. The summed E-state index contributed by atoms with van der Waals surface area (Å²) in [4.78, 5) is 0. The molecule has 1 atom stereocenters. The first-order chi connectivity index (χ1) is 4.79. The van der Waals surface area contributed by atoms with Crippen LogP contribution in [0.2, 0.25) is 0 Å². The van der Waals surface area contributed by atoms with Gasteiger partial charge in [0.1, 0.15) is 0 Å². The second-order valence-electron chi connectivity index (χ2n) is 3.39. The Morgan fingerprint density at radius 1 is 1.50 bits per heavy atom. The maximum atomic E-state index is 4.09. The normalized spacial score (nSPS) is 33.8. The molecule has 0 saturated carbocycles. The van der Waals surface area contributed by atoms with Crippen molar-refractivity contribution in [1.82, 2.24) is 0 Å². The number of rotatable bonds is 0. The van der Waals surface area contributed by atoms with Gasteiger partial charge in [-0.2, -0.15) is 0 Å². The highest BCUT2D eigenvalue weighted by atomic mass is 14.1. The minimum absolute atomic E-state index is 0.712. The third-order valence-electron chi connectivity index (χ3n) is 2.25. The molecule has 0 spiro atoms. The van der Waals surface area contributed by atoms with Crippen molar-refractivity contribution in [3.63, 3.8) is 0 Å². The van der Waals surface area contributed by atoms with E-state index in [1.807, 2.05) is 0 Å². The highest BCUT2D eigenvalue weighted by molar-refractivity contribution is 4.99. The summed E-state index contributed by atoms with van der Waals surface area (Å²) in [6, 6.07) is 0. The van der Waals surface area contributed by atoms with E-state index in [0.29, 0.717) is 5.92 Å². The van der Waals surface area contributed by atoms with Crippen molar-refractivity contribution in [3.05, 3.63) is 18.6 Å². The lowest BCUT2D eigenvalue weighted by molar-refractivity contribution is 0.511. The van der Waals surface area contributed by atoms with Gasteiger partial charge in [0.25, 0.3) is 0 Å². The quantitative estimate of drug-likeness (QED) is 0.449.